The highest BCUT2D eigenvalue weighted by molar-refractivity contribution is 7.09. The van der Waals surface area contributed by atoms with Crippen molar-refractivity contribution in [3.63, 3.8) is 0 Å². The summed E-state index contributed by atoms with van der Waals surface area (Å²) in [6, 6.07) is 6.36. The monoisotopic (exact) mass is 247 g/mol. The summed E-state index contributed by atoms with van der Waals surface area (Å²) in [6.45, 7) is 6.38. The van der Waals surface area contributed by atoms with Crippen LogP contribution in [-0.2, 0) is 0 Å². The molecule has 0 aliphatic rings. The van der Waals surface area contributed by atoms with Crippen LogP contribution in [0.5, 0.6) is 5.75 Å². The Kier molecular flexibility index (Phi) is 3.48. The van der Waals surface area contributed by atoms with E-state index in [4.69, 9.17) is 4.74 Å². The molecule has 0 unspecified atom stereocenters. The molecule has 2 aromatic rings. The van der Waals surface area contributed by atoms with Gasteiger partial charge in [-0.1, -0.05) is 19.9 Å². The van der Waals surface area contributed by atoms with Crippen LogP contribution in [-0.4, -0.2) is 12.1 Å². The first-order chi connectivity index (χ1) is 8.11. The number of hydrogen-bond acceptors (Lipinski definition) is 3. The second kappa shape index (κ2) is 4.88. The van der Waals surface area contributed by atoms with Crippen molar-refractivity contribution in [3.05, 3.63) is 34.2 Å². The molecular weight excluding hydrogens is 230 g/mol. The van der Waals surface area contributed by atoms with Gasteiger partial charge in [0.25, 0.3) is 0 Å². The van der Waals surface area contributed by atoms with Crippen molar-refractivity contribution in [1.29, 1.82) is 0 Å². The van der Waals surface area contributed by atoms with Gasteiger partial charge >= 0.3 is 0 Å². The molecule has 0 bridgehead atoms. The van der Waals surface area contributed by atoms with Crippen LogP contribution in [0.4, 0.5) is 0 Å². The summed E-state index contributed by atoms with van der Waals surface area (Å²) < 4.78 is 5.46. The first-order valence-corrected chi connectivity index (χ1v) is 6.60. The van der Waals surface area contributed by atoms with Crippen molar-refractivity contribution in [3.8, 4) is 17.0 Å². The van der Waals surface area contributed by atoms with Crippen LogP contribution in [0, 0.1) is 6.92 Å². The fraction of sp³-hybridized carbons (Fsp3) is 0.357. The first-order valence-electron chi connectivity index (χ1n) is 5.72. The second-order valence-electron chi connectivity index (χ2n) is 4.37. The van der Waals surface area contributed by atoms with Crippen LogP contribution < -0.4 is 4.74 Å². The van der Waals surface area contributed by atoms with Gasteiger partial charge in [0.15, 0.2) is 0 Å². The average Bonchev–Trinajstić information content (AvgIpc) is 2.74. The van der Waals surface area contributed by atoms with Gasteiger partial charge in [0, 0.05) is 10.9 Å². The third-order valence-electron chi connectivity index (χ3n) is 2.79. The maximum absolute atomic E-state index is 5.46. The second-order valence-corrected chi connectivity index (χ2v) is 5.43. The minimum absolute atomic E-state index is 0.509. The Morgan fingerprint density at radius 3 is 2.59 bits per heavy atom. The van der Waals surface area contributed by atoms with Gasteiger partial charge in [-0.05, 0) is 30.5 Å². The standard InChI is InChI=1S/C14H17NOS/c1-9(2)11-5-6-12(14(7-11)16-4)13-8-17-10(3)15-13/h5-9H,1-4H3. The van der Waals surface area contributed by atoms with Crippen molar-refractivity contribution in [2.75, 3.05) is 7.11 Å². The van der Waals surface area contributed by atoms with Crippen LogP contribution in [0.3, 0.4) is 0 Å². The van der Waals surface area contributed by atoms with E-state index in [1.807, 2.05) is 6.92 Å². The molecule has 2 rings (SSSR count). The SMILES string of the molecule is COc1cc(C(C)C)ccc1-c1csc(C)n1. The predicted octanol–water partition coefficient (Wildman–Crippen LogP) is 4.25. The van der Waals surface area contributed by atoms with Crippen LogP contribution in [0.25, 0.3) is 11.3 Å². The fourth-order valence-corrected chi connectivity index (χ4v) is 2.38. The zero-order chi connectivity index (χ0) is 12.4. The lowest BCUT2D eigenvalue weighted by atomic mass is 10.00. The van der Waals surface area contributed by atoms with Crippen molar-refractivity contribution in [2.24, 2.45) is 0 Å². The van der Waals surface area contributed by atoms with E-state index in [0.29, 0.717) is 5.92 Å². The molecule has 1 aromatic heterocycles. The number of thiazole rings is 1. The number of aromatic nitrogens is 1. The summed E-state index contributed by atoms with van der Waals surface area (Å²) in [5, 5.41) is 3.15. The number of hydrogen-bond donors (Lipinski definition) is 0. The smallest absolute Gasteiger partial charge is 0.128 e. The number of ether oxygens (including phenoxy) is 1. The van der Waals surface area contributed by atoms with E-state index in [1.54, 1.807) is 18.4 Å². The van der Waals surface area contributed by atoms with Crippen molar-refractivity contribution < 1.29 is 4.74 Å². The van der Waals surface area contributed by atoms with E-state index in [2.05, 4.69) is 42.4 Å². The van der Waals surface area contributed by atoms with E-state index in [1.165, 1.54) is 5.56 Å². The third kappa shape index (κ3) is 2.50. The van der Waals surface area contributed by atoms with Gasteiger partial charge in [0.05, 0.1) is 17.8 Å². The predicted molar refractivity (Wildman–Crippen MR) is 72.9 cm³/mol. The molecular formula is C14H17NOS. The number of methoxy groups -OCH3 is 1. The molecule has 1 aromatic carbocycles. The molecule has 0 N–H and O–H groups in total. The molecule has 0 saturated heterocycles. The minimum Gasteiger partial charge on any atom is -0.496 e. The highest BCUT2D eigenvalue weighted by atomic mass is 32.1. The normalized spacial score (nSPS) is 10.9. The number of benzene rings is 1. The zero-order valence-corrected chi connectivity index (χ0v) is 11.5. The minimum atomic E-state index is 0.509. The van der Waals surface area contributed by atoms with Crippen LogP contribution in [0.2, 0.25) is 0 Å². The first kappa shape index (κ1) is 12.1. The van der Waals surface area contributed by atoms with Gasteiger partial charge in [-0.3, -0.25) is 0 Å². The molecule has 0 saturated carbocycles. The third-order valence-corrected chi connectivity index (χ3v) is 3.56. The molecule has 0 aliphatic heterocycles. The molecule has 0 radical (unpaired) electrons. The number of aryl methyl sites for hydroxylation is 1. The summed E-state index contributed by atoms with van der Waals surface area (Å²) >= 11 is 1.66. The Labute approximate surface area is 106 Å². The van der Waals surface area contributed by atoms with Crippen molar-refractivity contribution in [2.45, 2.75) is 26.7 Å². The fourth-order valence-electron chi connectivity index (χ4n) is 1.77. The van der Waals surface area contributed by atoms with Crippen LogP contribution >= 0.6 is 11.3 Å². The molecule has 3 heteroatoms. The van der Waals surface area contributed by atoms with Gasteiger partial charge < -0.3 is 4.74 Å². The molecule has 1 heterocycles. The lowest BCUT2D eigenvalue weighted by Gasteiger charge is -2.11. The molecule has 0 aliphatic carbocycles. The van der Waals surface area contributed by atoms with E-state index in [0.717, 1.165) is 22.0 Å². The summed E-state index contributed by atoms with van der Waals surface area (Å²) in [5.41, 5.74) is 3.36. The lowest BCUT2D eigenvalue weighted by molar-refractivity contribution is 0.415. The van der Waals surface area contributed by atoms with Gasteiger partial charge in [-0.15, -0.1) is 11.3 Å². The maximum atomic E-state index is 5.46. The largest absolute Gasteiger partial charge is 0.496 e. The molecule has 0 amide bonds. The summed E-state index contributed by atoms with van der Waals surface area (Å²) in [7, 11) is 1.71. The summed E-state index contributed by atoms with van der Waals surface area (Å²) in [5.74, 6) is 1.41. The number of nitrogens with zero attached hydrogens (tertiary/aromatic N) is 1. The van der Waals surface area contributed by atoms with Gasteiger partial charge in [0.2, 0.25) is 0 Å². The Bertz CT molecular complexity index is 517. The van der Waals surface area contributed by atoms with Gasteiger partial charge in [-0.2, -0.15) is 0 Å². The van der Waals surface area contributed by atoms with Crippen molar-refractivity contribution in [1.82, 2.24) is 4.98 Å². The highest BCUT2D eigenvalue weighted by Gasteiger charge is 2.10. The Balaban J connectivity index is 2.48. The molecule has 17 heavy (non-hydrogen) atoms. The van der Waals surface area contributed by atoms with E-state index < -0.39 is 0 Å². The van der Waals surface area contributed by atoms with Crippen LogP contribution in [0.15, 0.2) is 23.6 Å². The van der Waals surface area contributed by atoms with Gasteiger partial charge in [-0.25, -0.2) is 4.98 Å². The quantitative estimate of drug-likeness (QED) is 0.809. The average molecular weight is 247 g/mol. The molecule has 0 fully saturated rings. The van der Waals surface area contributed by atoms with E-state index in [9.17, 15) is 0 Å². The topological polar surface area (TPSA) is 22.1 Å². The Morgan fingerprint density at radius 1 is 1.29 bits per heavy atom. The maximum Gasteiger partial charge on any atom is 0.128 e. The van der Waals surface area contributed by atoms with E-state index in [-0.39, 0.29) is 0 Å². The zero-order valence-electron chi connectivity index (χ0n) is 10.7. The summed E-state index contributed by atoms with van der Waals surface area (Å²) in [6.07, 6.45) is 0. The molecule has 2 nitrogen and oxygen atoms in total. The summed E-state index contributed by atoms with van der Waals surface area (Å²) in [4.78, 5) is 4.50. The Hall–Kier alpha value is -1.35. The molecule has 0 atom stereocenters. The Morgan fingerprint density at radius 2 is 2.06 bits per heavy atom. The van der Waals surface area contributed by atoms with Crippen molar-refractivity contribution >= 4 is 11.3 Å². The lowest BCUT2D eigenvalue weighted by Crippen LogP contribution is -1.93. The molecule has 90 valence electrons. The van der Waals surface area contributed by atoms with Gasteiger partial charge in [0.1, 0.15) is 5.75 Å². The number of rotatable bonds is 3. The highest BCUT2D eigenvalue weighted by Crippen LogP contribution is 2.33. The molecule has 0 spiro atoms. The van der Waals surface area contributed by atoms with Crippen LogP contribution in [0.1, 0.15) is 30.3 Å². The van der Waals surface area contributed by atoms with E-state index >= 15 is 0 Å².